The van der Waals surface area contributed by atoms with E-state index in [0.717, 1.165) is 25.0 Å². The number of aliphatic hydroxyl groups is 1. The molecule has 0 aromatic carbocycles. The Hall–Kier alpha value is -0.940. The lowest BCUT2D eigenvalue weighted by Crippen LogP contribution is -2.37. The Morgan fingerprint density at radius 3 is 3.07 bits per heavy atom. The maximum absolute atomic E-state index is 10.5. The lowest BCUT2D eigenvalue weighted by atomic mass is 9.81. The lowest BCUT2D eigenvalue weighted by molar-refractivity contribution is -0.0677. The fourth-order valence-corrected chi connectivity index (χ4v) is 2.35. The summed E-state index contributed by atoms with van der Waals surface area (Å²) in [5.41, 5.74) is -0.0405. The molecule has 1 aromatic heterocycles. The molecule has 84 valence electrons. The van der Waals surface area contributed by atoms with E-state index in [1.807, 2.05) is 0 Å². The van der Waals surface area contributed by atoms with E-state index < -0.39 is 5.60 Å². The third kappa shape index (κ3) is 1.89. The number of hydrogen-bond donors (Lipinski definition) is 1. The molecule has 1 aromatic rings. The van der Waals surface area contributed by atoms with Gasteiger partial charge in [0.2, 0.25) is 0 Å². The van der Waals surface area contributed by atoms with Crippen molar-refractivity contribution in [2.45, 2.75) is 37.4 Å². The van der Waals surface area contributed by atoms with E-state index in [2.05, 4.69) is 10.3 Å². The normalized spacial score (nSPS) is 31.8. The van der Waals surface area contributed by atoms with Gasteiger partial charge in [0.25, 0.3) is 0 Å². The minimum absolute atomic E-state index is 0.138. The summed E-state index contributed by atoms with van der Waals surface area (Å²) in [6.07, 6.45) is 5.15. The second kappa shape index (κ2) is 3.90. The number of aromatic nitrogens is 3. The van der Waals surface area contributed by atoms with Crippen molar-refractivity contribution in [1.82, 2.24) is 15.0 Å². The Kier molecular flexibility index (Phi) is 2.75. The van der Waals surface area contributed by atoms with E-state index in [1.54, 1.807) is 25.0 Å². The summed E-state index contributed by atoms with van der Waals surface area (Å²) in [6, 6.07) is 0. The molecule has 2 rings (SSSR count). The number of aryl methyl sites for hydroxylation is 1. The van der Waals surface area contributed by atoms with Crippen LogP contribution in [0.25, 0.3) is 0 Å². The van der Waals surface area contributed by atoms with E-state index in [0.29, 0.717) is 6.42 Å². The monoisotopic (exact) mass is 211 g/mol. The van der Waals surface area contributed by atoms with Crippen LogP contribution in [-0.2, 0) is 17.4 Å². The second-order valence-corrected chi connectivity index (χ2v) is 4.23. The Bertz CT molecular complexity index is 339. The molecule has 0 bridgehead atoms. The third-order valence-electron chi connectivity index (χ3n) is 3.21. The van der Waals surface area contributed by atoms with Gasteiger partial charge in [-0.1, -0.05) is 5.21 Å². The zero-order valence-electron chi connectivity index (χ0n) is 9.18. The van der Waals surface area contributed by atoms with Crippen molar-refractivity contribution >= 4 is 0 Å². The van der Waals surface area contributed by atoms with Crippen LogP contribution in [0.15, 0.2) is 6.20 Å². The van der Waals surface area contributed by atoms with Crippen molar-refractivity contribution in [1.29, 1.82) is 0 Å². The van der Waals surface area contributed by atoms with Gasteiger partial charge < -0.3 is 9.84 Å². The molecule has 0 amide bonds. The van der Waals surface area contributed by atoms with Crippen molar-refractivity contribution < 1.29 is 9.84 Å². The highest BCUT2D eigenvalue weighted by Crippen LogP contribution is 2.37. The van der Waals surface area contributed by atoms with Gasteiger partial charge in [-0.25, -0.2) is 4.68 Å². The molecule has 1 heterocycles. The molecule has 15 heavy (non-hydrogen) atoms. The van der Waals surface area contributed by atoms with Crippen LogP contribution in [0.5, 0.6) is 0 Å². The first kappa shape index (κ1) is 10.6. The lowest BCUT2D eigenvalue weighted by Gasteiger charge is -2.35. The van der Waals surface area contributed by atoms with Crippen LogP contribution < -0.4 is 0 Å². The summed E-state index contributed by atoms with van der Waals surface area (Å²) < 4.78 is 6.95. The van der Waals surface area contributed by atoms with Crippen molar-refractivity contribution in [2.24, 2.45) is 7.05 Å². The van der Waals surface area contributed by atoms with Gasteiger partial charge in [-0.2, -0.15) is 0 Å². The molecular formula is C10H17N3O2. The van der Waals surface area contributed by atoms with Crippen molar-refractivity contribution in [3.8, 4) is 0 Å². The van der Waals surface area contributed by atoms with Gasteiger partial charge in [0.05, 0.1) is 18.0 Å². The molecule has 1 saturated carbocycles. The zero-order chi connectivity index (χ0) is 10.9. The van der Waals surface area contributed by atoms with Crippen molar-refractivity contribution in [3.63, 3.8) is 0 Å². The molecule has 5 heteroatoms. The molecule has 0 aliphatic heterocycles. The number of hydrogen-bond acceptors (Lipinski definition) is 4. The first-order chi connectivity index (χ1) is 7.15. The maximum atomic E-state index is 10.5. The molecule has 2 unspecified atom stereocenters. The van der Waals surface area contributed by atoms with Gasteiger partial charge in [-0.3, -0.25) is 0 Å². The maximum Gasteiger partial charge on any atom is 0.110 e. The summed E-state index contributed by atoms with van der Waals surface area (Å²) in [5, 5.41) is 18.2. The van der Waals surface area contributed by atoms with Crippen molar-refractivity contribution in [2.75, 3.05) is 7.11 Å². The molecule has 1 fully saturated rings. The fourth-order valence-electron chi connectivity index (χ4n) is 2.35. The van der Waals surface area contributed by atoms with E-state index >= 15 is 0 Å². The van der Waals surface area contributed by atoms with Gasteiger partial charge in [0, 0.05) is 20.6 Å². The summed E-state index contributed by atoms with van der Waals surface area (Å²) in [5.74, 6) is 0. The number of nitrogens with zero attached hydrogens (tertiary/aromatic N) is 3. The van der Waals surface area contributed by atoms with Crippen LogP contribution in [-0.4, -0.2) is 33.3 Å². The zero-order valence-corrected chi connectivity index (χ0v) is 9.18. The molecule has 0 saturated heterocycles. The van der Waals surface area contributed by atoms with Crippen LogP contribution in [0.4, 0.5) is 0 Å². The summed E-state index contributed by atoms with van der Waals surface area (Å²) in [7, 11) is 3.49. The van der Waals surface area contributed by atoms with Gasteiger partial charge in [0.1, 0.15) is 5.60 Å². The summed E-state index contributed by atoms with van der Waals surface area (Å²) >= 11 is 0. The molecule has 5 nitrogen and oxygen atoms in total. The number of methoxy groups -OCH3 is 1. The van der Waals surface area contributed by atoms with Crippen LogP contribution >= 0.6 is 0 Å². The molecule has 0 spiro atoms. The largest absolute Gasteiger partial charge is 0.383 e. The van der Waals surface area contributed by atoms with E-state index in [1.165, 1.54) is 0 Å². The highest BCUT2D eigenvalue weighted by atomic mass is 16.5. The predicted octanol–water partition coefficient (Wildman–Crippen LogP) is 0.592. The smallest absolute Gasteiger partial charge is 0.110 e. The quantitative estimate of drug-likeness (QED) is 0.778. The molecule has 1 N–H and O–H groups in total. The Morgan fingerprint density at radius 1 is 1.67 bits per heavy atom. The fraction of sp³-hybridized carbons (Fsp3) is 0.800. The second-order valence-electron chi connectivity index (χ2n) is 4.23. The van der Waals surface area contributed by atoms with E-state index in [9.17, 15) is 5.11 Å². The van der Waals surface area contributed by atoms with E-state index in [4.69, 9.17) is 4.74 Å². The molecule has 1 aliphatic rings. The van der Waals surface area contributed by atoms with Crippen LogP contribution in [0.2, 0.25) is 0 Å². The molecular weight excluding hydrogens is 194 g/mol. The van der Waals surface area contributed by atoms with Gasteiger partial charge in [0.15, 0.2) is 0 Å². The topological polar surface area (TPSA) is 60.2 Å². The Labute approximate surface area is 89.0 Å². The third-order valence-corrected chi connectivity index (χ3v) is 3.21. The minimum Gasteiger partial charge on any atom is -0.383 e. The molecule has 1 aliphatic carbocycles. The van der Waals surface area contributed by atoms with Gasteiger partial charge in [-0.15, -0.1) is 5.10 Å². The molecule has 0 radical (unpaired) electrons. The van der Waals surface area contributed by atoms with Crippen LogP contribution in [0.3, 0.4) is 0 Å². The highest BCUT2D eigenvalue weighted by molar-refractivity contribution is 5.09. The Morgan fingerprint density at radius 2 is 2.47 bits per heavy atom. The highest BCUT2D eigenvalue weighted by Gasteiger charge is 2.38. The average Bonchev–Trinajstić information content (AvgIpc) is 2.65. The summed E-state index contributed by atoms with van der Waals surface area (Å²) in [4.78, 5) is 0. The van der Waals surface area contributed by atoms with Gasteiger partial charge >= 0.3 is 0 Å². The first-order valence-electron chi connectivity index (χ1n) is 5.26. The van der Waals surface area contributed by atoms with Crippen LogP contribution in [0, 0.1) is 0 Å². The molecule has 2 atom stereocenters. The van der Waals surface area contributed by atoms with E-state index in [-0.39, 0.29) is 6.10 Å². The predicted molar refractivity (Wildman–Crippen MR) is 54.2 cm³/mol. The first-order valence-corrected chi connectivity index (χ1v) is 5.26. The number of ether oxygens (including phenoxy) is 1. The van der Waals surface area contributed by atoms with Crippen LogP contribution in [0.1, 0.15) is 31.4 Å². The summed E-state index contributed by atoms with van der Waals surface area (Å²) in [6.45, 7) is 0. The average molecular weight is 211 g/mol. The van der Waals surface area contributed by atoms with Crippen molar-refractivity contribution in [3.05, 3.63) is 11.9 Å². The Balaban J connectivity index is 2.22. The van der Waals surface area contributed by atoms with Gasteiger partial charge in [-0.05, 0) is 19.3 Å². The SMILES string of the molecule is COC1CCCC(O)(c2cnnn2C)C1. The minimum atomic E-state index is -0.822. The standard InChI is InChI=1S/C10H17N3O2/c1-13-9(7-11-12-13)10(14)5-3-4-8(6-10)15-2/h7-8,14H,3-6H2,1-2H3. The number of rotatable bonds is 2.